The predicted octanol–water partition coefficient (Wildman–Crippen LogP) is 7.72. The van der Waals surface area contributed by atoms with Crippen molar-refractivity contribution in [3.63, 3.8) is 0 Å². The van der Waals surface area contributed by atoms with Gasteiger partial charge in [0.1, 0.15) is 23.0 Å². The molecule has 0 aliphatic carbocycles. The third kappa shape index (κ3) is 3.59. The molecule has 6 aromatic carbocycles. The van der Waals surface area contributed by atoms with Crippen LogP contribution in [0.4, 0.5) is 0 Å². The van der Waals surface area contributed by atoms with Crippen LogP contribution in [0.1, 0.15) is 5.56 Å². The van der Waals surface area contributed by atoms with Crippen molar-refractivity contribution < 1.29 is 9.47 Å². The molecule has 0 unspecified atom stereocenters. The number of fused-ring (bicyclic) bond motifs is 4. The second-order valence-corrected chi connectivity index (χ2v) is 10.5. The van der Waals surface area contributed by atoms with Gasteiger partial charge in [0, 0.05) is 11.0 Å². The van der Waals surface area contributed by atoms with Crippen LogP contribution in [0.25, 0.3) is 33.4 Å². The highest BCUT2D eigenvalue weighted by atomic mass is 16.5. The van der Waals surface area contributed by atoms with Crippen LogP contribution >= 0.6 is 0 Å². The molecule has 2 aliphatic rings. The summed E-state index contributed by atoms with van der Waals surface area (Å²) in [6, 6.07) is 47.0. The number of hydrogen-bond acceptors (Lipinski definition) is 2. The van der Waals surface area contributed by atoms with Gasteiger partial charge < -0.3 is 9.47 Å². The first-order valence-electron chi connectivity index (χ1n) is 13.7. The normalized spacial score (nSPS) is 12.5. The quantitative estimate of drug-likeness (QED) is 0.226. The predicted molar refractivity (Wildman–Crippen MR) is 165 cm³/mol. The number of benzene rings is 6. The van der Waals surface area contributed by atoms with Gasteiger partial charge in [-0.15, -0.1) is 0 Å². The fraction of sp³-hybridized carbons (Fsp3) is 0.0270. The maximum Gasteiger partial charge on any atom is 0.260 e. The van der Waals surface area contributed by atoms with Gasteiger partial charge >= 0.3 is 0 Å². The molecule has 0 saturated carbocycles. The summed E-state index contributed by atoms with van der Waals surface area (Å²) in [5, 5.41) is 0. The molecule has 3 heteroatoms. The largest absolute Gasteiger partial charge is 0.458 e. The third-order valence-electron chi connectivity index (χ3n) is 8.17. The lowest BCUT2D eigenvalue weighted by molar-refractivity contribution is 0.465. The van der Waals surface area contributed by atoms with Crippen molar-refractivity contribution in [3.05, 3.63) is 139 Å². The summed E-state index contributed by atoms with van der Waals surface area (Å²) in [4.78, 5) is 0. The number of aryl methyl sites for hydroxylation is 1. The van der Waals surface area contributed by atoms with E-state index in [1.54, 1.807) is 0 Å². The third-order valence-corrected chi connectivity index (χ3v) is 8.17. The number of hydrogen-bond donors (Lipinski definition) is 0. The van der Waals surface area contributed by atoms with Crippen LogP contribution < -0.4 is 25.9 Å². The van der Waals surface area contributed by atoms with Crippen molar-refractivity contribution in [3.8, 4) is 56.4 Å². The van der Waals surface area contributed by atoms with E-state index in [9.17, 15) is 0 Å². The lowest BCUT2D eigenvalue weighted by Gasteiger charge is -2.34. The van der Waals surface area contributed by atoms with Gasteiger partial charge in [0.05, 0.1) is 0 Å². The molecule has 0 bridgehead atoms. The molecule has 0 radical (unpaired) electrons. The van der Waals surface area contributed by atoms with E-state index in [1.165, 1.54) is 33.4 Å². The van der Waals surface area contributed by atoms with E-state index < -0.39 is 0 Å². The maximum absolute atomic E-state index is 6.81. The summed E-state index contributed by atoms with van der Waals surface area (Å²) in [5.41, 5.74) is 11.6. The summed E-state index contributed by atoms with van der Waals surface area (Å²) in [7, 11) is 0. The Morgan fingerprint density at radius 1 is 0.450 bits per heavy atom. The molecule has 0 fully saturated rings. The number of ether oxygens (including phenoxy) is 2. The van der Waals surface area contributed by atoms with Gasteiger partial charge in [0.25, 0.3) is 6.71 Å². The zero-order valence-electron chi connectivity index (χ0n) is 22.1. The van der Waals surface area contributed by atoms with E-state index >= 15 is 0 Å². The fourth-order valence-corrected chi connectivity index (χ4v) is 6.20. The molecular weight excluding hydrogens is 487 g/mol. The molecule has 0 aromatic heterocycles. The highest BCUT2D eigenvalue weighted by molar-refractivity contribution is 6.98. The number of rotatable bonds is 3. The summed E-state index contributed by atoms with van der Waals surface area (Å²) in [5.74, 6) is 3.52. The monoisotopic (exact) mass is 512 g/mol. The Hall–Kier alpha value is -5.02. The molecular formula is C37H25BO2. The second kappa shape index (κ2) is 9.03. The van der Waals surface area contributed by atoms with Crippen molar-refractivity contribution >= 4 is 23.1 Å². The highest BCUT2D eigenvalue weighted by Gasteiger charge is 2.41. The van der Waals surface area contributed by atoms with Crippen LogP contribution in [0.15, 0.2) is 133 Å². The molecule has 0 N–H and O–H groups in total. The van der Waals surface area contributed by atoms with E-state index in [2.05, 4.69) is 140 Å². The van der Waals surface area contributed by atoms with E-state index in [0.29, 0.717) is 0 Å². The molecule has 6 aromatic rings. The summed E-state index contributed by atoms with van der Waals surface area (Å²) < 4.78 is 13.4. The maximum atomic E-state index is 6.81. The average molecular weight is 512 g/mol. The van der Waals surface area contributed by atoms with Gasteiger partial charge in [-0.25, -0.2) is 0 Å². The minimum Gasteiger partial charge on any atom is -0.458 e. The van der Waals surface area contributed by atoms with Gasteiger partial charge in [-0.2, -0.15) is 0 Å². The molecule has 40 heavy (non-hydrogen) atoms. The van der Waals surface area contributed by atoms with Gasteiger partial charge in [0.2, 0.25) is 0 Å². The van der Waals surface area contributed by atoms with Gasteiger partial charge in [-0.05, 0) is 75.5 Å². The molecule has 2 heterocycles. The second-order valence-electron chi connectivity index (χ2n) is 10.5. The van der Waals surface area contributed by atoms with Crippen molar-refractivity contribution in [1.82, 2.24) is 0 Å². The van der Waals surface area contributed by atoms with Crippen molar-refractivity contribution in [2.24, 2.45) is 0 Å². The molecule has 0 spiro atoms. The molecule has 8 rings (SSSR count). The van der Waals surface area contributed by atoms with Crippen molar-refractivity contribution in [1.29, 1.82) is 0 Å². The van der Waals surface area contributed by atoms with Gasteiger partial charge in [0.15, 0.2) is 0 Å². The van der Waals surface area contributed by atoms with E-state index in [-0.39, 0.29) is 6.71 Å². The SMILES string of the molecule is Cc1ccccc1-c1ccc2c3c1Oc1ccc(-c4ccccc4)cc1B3c1cc(-c3ccccc3)ccc1O2. The topological polar surface area (TPSA) is 18.5 Å². The first kappa shape index (κ1) is 22.9. The van der Waals surface area contributed by atoms with Crippen LogP contribution in [-0.4, -0.2) is 6.71 Å². The van der Waals surface area contributed by atoms with Crippen molar-refractivity contribution in [2.75, 3.05) is 0 Å². The van der Waals surface area contributed by atoms with E-state index in [4.69, 9.17) is 9.47 Å². The fourth-order valence-electron chi connectivity index (χ4n) is 6.20. The smallest absolute Gasteiger partial charge is 0.260 e. The van der Waals surface area contributed by atoms with Crippen molar-refractivity contribution in [2.45, 2.75) is 6.92 Å². The molecule has 2 aliphatic heterocycles. The molecule has 0 amide bonds. The Morgan fingerprint density at radius 2 is 1.00 bits per heavy atom. The first-order valence-corrected chi connectivity index (χ1v) is 13.7. The standard InChI is InChI=1S/C37H25BO2/c1-24-10-8-9-15-29(24)30-18-21-35-36-37(30)40-34-20-17-28(26-13-6-3-7-14-26)23-32(34)38(36)31-22-27(16-19-33(31)39-35)25-11-4-2-5-12-25/h2-23H,1H3. The van der Waals surface area contributed by atoms with Crippen LogP contribution in [0, 0.1) is 6.92 Å². The van der Waals surface area contributed by atoms with Crippen LogP contribution in [0.3, 0.4) is 0 Å². The Kier molecular flexibility index (Phi) is 5.18. The zero-order chi connectivity index (χ0) is 26.6. The van der Waals surface area contributed by atoms with E-state index in [0.717, 1.165) is 44.9 Å². The Labute approximate surface area is 234 Å². The molecule has 0 atom stereocenters. The molecule has 0 saturated heterocycles. The van der Waals surface area contributed by atoms with E-state index in [1.807, 2.05) is 0 Å². The lowest BCUT2D eigenvalue weighted by Crippen LogP contribution is -2.57. The lowest BCUT2D eigenvalue weighted by atomic mass is 9.34. The van der Waals surface area contributed by atoms with Crippen LogP contribution in [-0.2, 0) is 0 Å². The summed E-state index contributed by atoms with van der Waals surface area (Å²) in [6.07, 6.45) is 0. The molecule has 188 valence electrons. The molecule has 2 nitrogen and oxygen atoms in total. The summed E-state index contributed by atoms with van der Waals surface area (Å²) in [6.45, 7) is 2.13. The van der Waals surface area contributed by atoms with Crippen LogP contribution in [0.2, 0.25) is 0 Å². The van der Waals surface area contributed by atoms with Crippen LogP contribution in [0.5, 0.6) is 23.0 Å². The Bertz CT molecular complexity index is 1860. The van der Waals surface area contributed by atoms with Gasteiger partial charge in [-0.1, -0.05) is 109 Å². The zero-order valence-corrected chi connectivity index (χ0v) is 22.1. The Morgan fingerprint density at radius 3 is 1.62 bits per heavy atom. The summed E-state index contributed by atoms with van der Waals surface area (Å²) >= 11 is 0. The first-order chi connectivity index (χ1) is 19.7. The average Bonchev–Trinajstić information content (AvgIpc) is 3.02. The minimum absolute atomic E-state index is 0.0196. The van der Waals surface area contributed by atoms with Gasteiger partial charge in [-0.3, -0.25) is 0 Å². The highest BCUT2D eigenvalue weighted by Crippen LogP contribution is 2.42. The Balaban J connectivity index is 1.39. The minimum atomic E-state index is -0.0196.